The molecule has 0 aromatic heterocycles. The van der Waals surface area contributed by atoms with Crippen LogP contribution in [0.15, 0.2) is 24.3 Å². The van der Waals surface area contributed by atoms with Crippen molar-refractivity contribution >= 4 is 11.8 Å². The normalized spacial score (nSPS) is 18.9. The molecule has 20 heavy (non-hydrogen) atoms. The summed E-state index contributed by atoms with van der Waals surface area (Å²) in [5.41, 5.74) is -0.786. The van der Waals surface area contributed by atoms with Gasteiger partial charge in [0.25, 0.3) is 0 Å². The lowest BCUT2D eigenvalue weighted by atomic mass is 10.2. The predicted octanol–water partition coefficient (Wildman–Crippen LogP) is 3.43. The zero-order valence-electron chi connectivity index (χ0n) is 10.6. The topological polar surface area (TPSA) is 47.6 Å². The third kappa shape index (κ3) is 4.12. The van der Waals surface area contributed by atoms with Crippen molar-refractivity contribution in [1.82, 2.24) is 0 Å². The molecule has 1 aliphatic heterocycles. The first kappa shape index (κ1) is 14.6. The summed E-state index contributed by atoms with van der Waals surface area (Å²) in [4.78, 5) is 11.5. The van der Waals surface area contributed by atoms with Gasteiger partial charge in [0.15, 0.2) is 0 Å². The van der Waals surface area contributed by atoms with E-state index in [1.165, 1.54) is 12.1 Å². The molecule has 1 heterocycles. The summed E-state index contributed by atoms with van der Waals surface area (Å²) in [5, 5.41) is 2.26. The van der Waals surface area contributed by atoms with Crippen LogP contribution >= 0.6 is 0 Å². The van der Waals surface area contributed by atoms with Crippen LogP contribution in [0.4, 0.5) is 23.7 Å². The number of carbonyl (C=O) groups is 1. The van der Waals surface area contributed by atoms with E-state index in [9.17, 15) is 18.0 Å². The van der Waals surface area contributed by atoms with Gasteiger partial charge < -0.3 is 9.47 Å². The molecule has 0 saturated carbocycles. The number of carbonyl (C=O) groups excluding carboxylic acids is 1. The highest BCUT2D eigenvalue weighted by Crippen LogP contribution is 2.30. The average molecular weight is 289 g/mol. The standard InChI is InChI=1S/C13H14F3NO3/c14-13(15,16)9-3-1-4-10(7-9)17-12(18)20-8-11-5-2-6-19-11/h1,3-4,7,11H,2,5-6,8H2,(H,17,18). The number of alkyl halides is 3. The second kappa shape index (κ2) is 6.13. The molecule has 0 spiro atoms. The fourth-order valence-corrected chi connectivity index (χ4v) is 1.87. The maximum Gasteiger partial charge on any atom is 0.416 e. The van der Waals surface area contributed by atoms with E-state index in [1.54, 1.807) is 0 Å². The minimum absolute atomic E-state index is 0.0390. The van der Waals surface area contributed by atoms with E-state index >= 15 is 0 Å². The number of ether oxygens (including phenoxy) is 2. The second-order valence-corrected chi connectivity index (χ2v) is 4.44. The number of amides is 1. The van der Waals surface area contributed by atoms with Gasteiger partial charge in [-0.3, -0.25) is 5.32 Å². The van der Waals surface area contributed by atoms with E-state index in [2.05, 4.69) is 5.32 Å². The number of benzene rings is 1. The quantitative estimate of drug-likeness (QED) is 0.927. The first-order chi connectivity index (χ1) is 9.45. The molecule has 1 aliphatic rings. The van der Waals surface area contributed by atoms with E-state index in [1.807, 2.05) is 0 Å². The highest BCUT2D eigenvalue weighted by molar-refractivity contribution is 5.84. The lowest BCUT2D eigenvalue weighted by Gasteiger charge is -2.12. The van der Waals surface area contributed by atoms with Gasteiger partial charge in [-0.05, 0) is 31.0 Å². The average Bonchev–Trinajstić information content (AvgIpc) is 2.89. The molecule has 2 rings (SSSR count). The van der Waals surface area contributed by atoms with Crippen LogP contribution in [0.5, 0.6) is 0 Å². The summed E-state index contributed by atoms with van der Waals surface area (Å²) in [5.74, 6) is 0. The van der Waals surface area contributed by atoms with Crippen LogP contribution in [0, 0.1) is 0 Å². The number of hydrogen-bond donors (Lipinski definition) is 1. The summed E-state index contributed by atoms with van der Waals surface area (Å²) in [6.07, 6.45) is -3.62. The number of anilines is 1. The van der Waals surface area contributed by atoms with Gasteiger partial charge in [-0.1, -0.05) is 6.07 Å². The molecule has 4 nitrogen and oxygen atoms in total. The highest BCUT2D eigenvalue weighted by atomic mass is 19.4. The van der Waals surface area contributed by atoms with Gasteiger partial charge in [-0.25, -0.2) is 4.79 Å². The lowest BCUT2D eigenvalue weighted by Crippen LogP contribution is -2.21. The zero-order chi connectivity index (χ0) is 14.6. The third-order valence-corrected chi connectivity index (χ3v) is 2.86. The minimum Gasteiger partial charge on any atom is -0.447 e. The lowest BCUT2D eigenvalue weighted by molar-refractivity contribution is -0.137. The van der Waals surface area contributed by atoms with Crippen molar-refractivity contribution in [2.75, 3.05) is 18.5 Å². The number of nitrogens with one attached hydrogen (secondary N) is 1. The Balaban J connectivity index is 1.87. The maximum absolute atomic E-state index is 12.5. The van der Waals surface area contributed by atoms with Crippen LogP contribution in [-0.4, -0.2) is 25.4 Å². The van der Waals surface area contributed by atoms with Crippen LogP contribution in [0.3, 0.4) is 0 Å². The Hall–Kier alpha value is -1.76. The van der Waals surface area contributed by atoms with Crippen molar-refractivity contribution in [3.8, 4) is 0 Å². The van der Waals surface area contributed by atoms with Gasteiger partial charge in [0.1, 0.15) is 6.61 Å². The fraction of sp³-hybridized carbons (Fsp3) is 0.462. The van der Waals surface area contributed by atoms with Crippen molar-refractivity contribution in [3.63, 3.8) is 0 Å². The highest BCUT2D eigenvalue weighted by Gasteiger charge is 2.30. The van der Waals surface area contributed by atoms with Crippen molar-refractivity contribution in [2.24, 2.45) is 0 Å². The molecule has 1 N–H and O–H groups in total. The van der Waals surface area contributed by atoms with Gasteiger partial charge in [-0.2, -0.15) is 13.2 Å². The van der Waals surface area contributed by atoms with Crippen molar-refractivity contribution in [1.29, 1.82) is 0 Å². The molecule has 1 unspecified atom stereocenters. The molecule has 0 bridgehead atoms. The third-order valence-electron chi connectivity index (χ3n) is 2.86. The molecular formula is C13H14F3NO3. The summed E-state index contributed by atoms with van der Waals surface area (Å²) in [6.45, 7) is 0.744. The molecule has 1 saturated heterocycles. The maximum atomic E-state index is 12.5. The van der Waals surface area contributed by atoms with Crippen LogP contribution in [0.25, 0.3) is 0 Å². The van der Waals surface area contributed by atoms with E-state index in [0.717, 1.165) is 25.0 Å². The van der Waals surface area contributed by atoms with Gasteiger partial charge in [0.05, 0.1) is 11.7 Å². The molecule has 0 radical (unpaired) electrons. The molecule has 0 aliphatic carbocycles. The van der Waals surface area contributed by atoms with Gasteiger partial charge in [-0.15, -0.1) is 0 Å². The zero-order valence-corrected chi connectivity index (χ0v) is 10.6. The smallest absolute Gasteiger partial charge is 0.416 e. The monoisotopic (exact) mass is 289 g/mol. The summed E-state index contributed by atoms with van der Waals surface area (Å²) in [6, 6.07) is 4.37. The Morgan fingerprint density at radius 3 is 2.90 bits per heavy atom. The Bertz CT molecular complexity index is 470. The molecule has 1 fully saturated rings. The van der Waals surface area contributed by atoms with E-state index < -0.39 is 17.8 Å². The number of halogens is 3. The van der Waals surface area contributed by atoms with E-state index in [0.29, 0.717) is 6.61 Å². The van der Waals surface area contributed by atoms with Gasteiger partial charge in [0, 0.05) is 12.3 Å². The number of hydrogen-bond acceptors (Lipinski definition) is 3. The Morgan fingerprint density at radius 1 is 1.45 bits per heavy atom. The largest absolute Gasteiger partial charge is 0.447 e. The summed E-state index contributed by atoms with van der Waals surface area (Å²) >= 11 is 0. The predicted molar refractivity (Wildman–Crippen MR) is 65.4 cm³/mol. The van der Waals surface area contributed by atoms with Gasteiger partial charge in [0.2, 0.25) is 0 Å². The minimum atomic E-state index is -4.45. The fourth-order valence-electron chi connectivity index (χ4n) is 1.87. The molecule has 7 heteroatoms. The van der Waals surface area contributed by atoms with Crippen molar-refractivity contribution < 1.29 is 27.4 Å². The molecule has 1 aromatic carbocycles. The Labute approximate surface area is 113 Å². The van der Waals surface area contributed by atoms with Crippen molar-refractivity contribution in [3.05, 3.63) is 29.8 Å². The molecule has 1 amide bonds. The Kier molecular flexibility index (Phi) is 4.49. The second-order valence-electron chi connectivity index (χ2n) is 4.44. The summed E-state index contributed by atoms with van der Waals surface area (Å²) < 4.78 is 47.7. The van der Waals surface area contributed by atoms with Crippen LogP contribution < -0.4 is 5.32 Å². The first-order valence-corrected chi connectivity index (χ1v) is 6.18. The Morgan fingerprint density at radius 2 is 2.25 bits per heavy atom. The van der Waals surface area contributed by atoms with Crippen LogP contribution in [0.2, 0.25) is 0 Å². The SMILES string of the molecule is O=C(Nc1cccc(C(F)(F)F)c1)OCC1CCCO1. The van der Waals surface area contributed by atoms with Gasteiger partial charge >= 0.3 is 12.3 Å². The van der Waals surface area contributed by atoms with Crippen molar-refractivity contribution in [2.45, 2.75) is 25.1 Å². The molecular weight excluding hydrogens is 275 g/mol. The molecule has 110 valence electrons. The number of rotatable bonds is 3. The van der Waals surface area contributed by atoms with E-state index in [4.69, 9.17) is 9.47 Å². The molecule has 1 aromatic rings. The van der Waals surface area contributed by atoms with Crippen LogP contribution in [0.1, 0.15) is 18.4 Å². The van der Waals surface area contributed by atoms with E-state index in [-0.39, 0.29) is 18.4 Å². The first-order valence-electron chi connectivity index (χ1n) is 6.18. The molecule has 1 atom stereocenters. The summed E-state index contributed by atoms with van der Waals surface area (Å²) in [7, 11) is 0. The van der Waals surface area contributed by atoms with Crippen LogP contribution in [-0.2, 0) is 15.7 Å².